The van der Waals surface area contributed by atoms with Gasteiger partial charge in [0.2, 0.25) is 0 Å². The fraction of sp³-hybridized carbons (Fsp3) is 0.625. The average Bonchev–Trinajstić information content (AvgIpc) is 2.48. The van der Waals surface area contributed by atoms with E-state index >= 15 is 0 Å². The van der Waals surface area contributed by atoms with Gasteiger partial charge in [0.1, 0.15) is 13.2 Å². The zero-order valence-corrected chi connectivity index (χ0v) is 14.3. The van der Waals surface area contributed by atoms with Crippen LogP contribution in [0.5, 0.6) is 11.5 Å². The van der Waals surface area contributed by atoms with Crippen molar-refractivity contribution >= 4 is 15.9 Å². The van der Waals surface area contributed by atoms with Crippen LogP contribution < -0.4 is 14.8 Å². The van der Waals surface area contributed by atoms with Gasteiger partial charge in [-0.15, -0.1) is 0 Å². The first-order chi connectivity index (χ1) is 10.2. The first-order valence-corrected chi connectivity index (χ1v) is 8.44. The molecule has 0 bridgehead atoms. The molecule has 1 aromatic carbocycles. The molecule has 0 amide bonds. The van der Waals surface area contributed by atoms with E-state index in [1.54, 1.807) is 0 Å². The maximum Gasteiger partial charge on any atom is 0.175 e. The van der Waals surface area contributed by atoms with E-state index in [1.165, 1.54) is 18.4 Å². The zero-order valence-electron chi connectivity index (χ0n) is 12.7. The summed E-state index contributed by atoms with van der Waals surface area (Å²) in [6, 6.07) is 4.79. The Morgan fingerprint density at radius 1 is 1.33 bits per heavy atom. The standard InChI is InChI=1S/C16H23BrN2O2/c1-18-10-11-4-3-5-19(2)15(11)12-8-13(17)16-14(9-12)20-6-7-21-16/h8-9,11,15,18H,3-7,10H2,1-2H3. The molecule has 116 valence electrons. The Morgan fingerprint density at radius 2 is 2.14 bits per heavy atom. The summed E-state index contributed by atoms with van der Waals surface area (Å²) in [5, 5.41) is 3.34. The fourth-order valence-corrected chi connectivity index (χ4v) is 4.14. The van der Waals surface area contributed by atoms with E-state index < -0.39 is 0 Å². The molecule has 0 radical (unpaired) electrons. The molecule has 1 saturated heterocycles. The highest BCUT2D eigenvalue weighted by molar-refractivity contribution is 9.10. The van der Waals surface area contributed by atoms with Crippen molar-refractivity contribution in [3.05, 3.63) is 22.2 Å². The Balaban J connectivity index is 1.95. The van der Waals surface area contributed by atoms with Crippen LogP contribution >= 0.6 is 15.9 Å². The van der Waals surface area contributed by atoms with Gasteiger partial charge in [-0.3, -0.25) is 4.90 Å². The lowest BCUT2D eigenvalue weighted by atomic mass is 9.84. The van der Waals surface area contributed by atoms with E-state index in [1.807, 2.05) is 7.05 Å². The van der Waals surface area contributed by atoms with E-state index in [4.69, 9.17) is 9.47 Å². The van der Waals surface area contributed by atoms with Crippen molar-refractivity contribution in [3.8, 4) is 11.5 Å². The number of benzene rings is 1. The van der Waals surface area contributed by atoms with E-state index in [0.717, 1.165) is 29.1 Å². The number of hydrogen-bond donors (Lipinski definition) is 1. The highest BCUT2D eigenvalue weighted by Gasteiger charge is 2.31. The quantitative estimate of drug-likeness (QED) is 0.904. The molecule has 1 aromatic rings. The molecule has 2 atom stereocenters. The molecule has 5 heteroatoms. The van der Waals surface area contributed by atoms with Crippen LogP contribution in [0.4, 0.5) is 0 Å². The summed E-state index contributed by atoms with van der Waals surface area (Å²) in [5.74, 6) is 2.34. The summed E-state index contributed by atoms with van der Waals surface area (Å²) in [5.41, 5.74) is 1.31. The number of hydrogen-bond acceptors (Lipinski definition) is 4. The van der Waals surface area contributed by atoms with Gasteiger partial charge in [0, 0.05) is 6.04 Å². The van der Waals surface area contributed by atoms with Crippen LogP contribution in [0, 0.1) is 5.92 Å². The summed E-state index contributed by atoms with van der Waals surface area (Å²) in [4.78, 5) is 2.46. The van der Waals surface area contributed by atoms with E-state index in [9.17, 15) is 0 Å². The van der Waals surface area contributed by atoms with Crippen molar-refractivity contribution in [2.24, 2.45) is 5.92 Å². The third-order valence-electron chi connectivity index (χ3n) is 4.43. The van der Waals surface area contributed by atoms with Crippen molar-refractivity contribution in [1.29, 1.82) is 0 Å². The third kappa shape index (κ3) is 3.05. The van der Waals surface area contributed by atoms with Crippen molar-refractivity contribution in [1.82, 2.24) is 10.2 Å². The van der Waals surface area contributed by atoms with Crippen LogP contribution in [0.1, 0.15) is 24.4 Å². The van der Waals surface area contributed by atoms with Crippen molar-refractivity contribution < 1.29 is 9.47 Å². The predicted molar refractivity (Wildman–Crippen MR) is 87.2 cm³/mol. The second-order valence-electron chi connectivity index (χ2n) is 5.91. The van der Waals surface area contributed by atoms with Gasteiger partial charge < -0.3 is 14.8 Å². The Morgan fingerprint density at radius 3 is 2.95 bits per heavy atom. The van der Waals surface area contributed by atoms with Gasteiger partial charge in [0.25, 0.3) is 0 Å². The first-order valence-electron chi connectivity index (χ1n) is 7.64. The molecule has 0 aromatic heterocycles. The highest BCUT2D eigenvalue weighted by atomic mass is 79.9. The molecule has 21 heavy (non-hydrogen) atoms. The van der Waals surface area contributed by atoms with Crippen molar-refractivity contribution in [2.75, 3.05) is 40.4 Å². The fourth-order valence-electron chi connectivity index (χ4n) is 3.56. The van der Waals surface area contributed by atoms with Crippen LogP contribution in [0.3, 0.4) is 0 Å². The number of piperidine rings is 1. The number of rotatable bonds is 3. The highest BCUT2D eigenvalue weighted by Crippen LogP contribution is 2.43. The lowest BCUT2D eigenvalue weighted by molar-refractivity contribution is 0.119. The van der Waals surface area contributed by atoms with E-state index in [2.05, 4.69) is 45.3 Å². The molecule has 2 unspecified atom stereocenters. The minimum atomic E-state index is 0.429. The van der Waals surface area contributed by atoms with Crippen LogP contribution in [0.25, 0.3) is 0 Å². The number of ether oxygens (including phenoxy) is 2. The zero-order chi connectivity index (χ0) is 14.8. The monoisotopic (exact) mass is 354 g/mol. The van der Waals surface area contributed by atoms with Gasteiger partial charge >= 0.3 is 0 Å². The van der Waals surface area contributed by atoms with E-state index in [0.29, 0.717) is 25.2 Å². The van der Waals surface area contributed by atoms with Crippen molar-refractivity contribution in [3.63, 3.8) is 0 Å². The molecule has 1 fully saturated rings. The Labute approximate surface area is 134 Å². The molecule has 1 N–H and O–H groups in total. The number of nitrogens with one attached hydrogen (secondary N) is 1. The Kier molecular flexibility index (Phi) is 4.72. The largest absolute Gasteiger partial charge is 0.486 e. The first kappa shape index (κ1) is 15.1. The minimum absolute atomic E-state index is 0.429. The molecule has 0 spiro atoms. The molecule has 2 aliphatic heterocycles. The molecule has 2 aliphatic rings. The van der Waals surface area contributed by atoms with Crippen LogP contribution in [-0.4, -0.2) is 45.3 Å². The maximum atomic E-state index is 5.78. The number of nitrogens with zero attached hydrogens (tertiary/aromatic N) is 1. The van der Waals surface area contributed by atoms with Crippen molar-refractivity contribution in [2.45, 2.75) is 18.9 Å². The second kappa shape index (κ2) is 6.55. The SMILES string of the molecule is CNCC1CCCN(C)C1c1cc(Br)c2c(c1)OCCO2. The molecule has 0 saturated carbocycles. The van der Waals surface area contributed by atoms with Gasteiger partial charge in [0.05, 0.1) is 4.47 Å². The number of likely N-dealkylation sites (tertiary alicyclic amines) is 1. The third-order valence-corrected chi connectivity index (χ3v) is 5.02. The lowest BCUT2D eigenvalue weighted by Gasteiger charge is -2.40. The summed E-state index contributed by atoms with van der Waals surface area (Å²) in [6.45, 7) is 3.44. The molecular formula is C16H23BrN2O2. The summed E-state index contributed by atoms with van der Waals surface area (Å²) in [7, 11) is 4.25. The van der Waals surface area contributed by atoms with Gasteiger partial charge in [-0.2, -0.15) is 0 Å². The molecule has 2 heterocycles. The Bertz CT molecular complexity index is 507. The molecule has 0 aliphatic carbocycles. The normalized spacial score (nSPS) is 25.9. The van der Waals surface area contributed by atoms with Crippen LogP contribution in [0.2, 0.25) is 0 Å². The van der Waals surface area contributed by atoms with Gasteiger partial charge in [0.15, 0.2) is 11.5 Å². The molecule has 4 nitrogen and oxygen atoms in total. The topological polar surface area (TPSA) is 33.7 Å². The van der Waals surface area contributed by atoms with Gasteiger partial charge in [-0.1, -0.05) is 0 Å². The summed E-state index contributed by atoms with van der Waals surface area (Å²) >= 11 is 3.64. The summed E-state index contributed by atoms with van der Waals surface area (Å²) in [6.07, 6.45) is 2.53. The summed E-state index contributed by atoms with van der Waals surface area (Å²) < 4.78 is 12.5. The predicted octanol–water partition coefficient (Wildman–Crippen LogP) is 2.82. The second-order valence-corrected chi connectivity index (χ2v) is 6.77. The van der Waals surface area contributed by atoms with Gasteiger partial charge in [-0.25, -0.2) is 0 Å². The minimum Gasteiger partial charge on any atom is -0.486 e. The average molecular weight is 355 g/mol. The van der Waals surface area contributed by atoms with Gasteiger partial charge in [-0.05, 0) is 79.6 Å². The lowest BCUT2D eigenvalue weighted by Crippen LogP contribution is -2.40. The number of halogens is 1. The maximum absolute atomic E-state index is 5.78. The van der Waals surface area contributed by atoms with Crippen LogP contribution in [0.15, 0.2) is 16.6 Å². The van der Waals surface area contributed by atoms with Crippen LogP contribution in [-0.2, 0) is 0 Å². The number of fused-ring (bicyclic) bond motifs is 1. The smallest absolute Gasteiger partial charge is 0.175 e. The Hall–Kier alpha value is -0.780. The molecular weight excluding hydrogens is 332 g/mol. The van der Waals surface area contributed by atoms with E-state index in [-0.39, 0.29) is 0 Å². The molecule has 3 rings (SSSR count).